The van der Waals surface area contributed by atoms with E-state index in [1.165, 1.54) is 0 Å². The number of rotatable bonds is 2. The van der Waals surface area contributed by atoms with Crippen molar-refractivity contribution in [3.8, 4) is 0 Å². The molecule has 0 spiro atoms. The Balaban J connectivity index is 2.81. The van der Waals surface area contributed by atoms with Crippen LogP contribution in [-0.2, 0) is 0 Å². The van der Waals surface area contributed by atoms with Crippen LogP contribution in [0.5, 0.6) is 0 Å². The summed E-state index contributed by atoms with van der Waals surface area (Å²) in [5.74, 6) is 0. The van der Waals surface area contributed by atoms with Crippen molar-refractivity contribution in [3.05, 3.63) is 4.91 Å². The Morgan fingerprint density at radius 2 is 2.17 bits per heavy atom. The minimum Gasteiger partial charge on any atom is -0.214 e. The zero-order chi connectivity index (χ0) is 4.99. The summed E-state index contributed by atoms with van der Waals surface area (Å²) in [4.78, 5) is 8.77. The van der Waals surface area contributed by atoms with Gasteiger partial charge in [0.1, 0.15) is 0 Å². The molecule has 0 aliphatic carbocycles. The summed E-state index contributed by atoms with van der Waals surface area (Å²) in [6, 6.07) is 0. The molecule has 0 aromatic rings. The van der Waals surface area contributed by atoms with Gasteiger partial charge in [-0.05, 0) is 0 Å². The smallest absolute Gasteiger partial charge is 0.214 e. The molecule has 0 saturated carbocycles. The second kappa shape index (κ2) is 2.49. The van der Waals surface area contributed by atoms with Crippen LogP contribution in [0.4, 0.5) is 8.78 Å². The van der Waals surface area contributed by atoms with Crippen molar-refractivity contribution >= 4 is 0 Å². The van der Waals surface area contributed by atoms with Crippen LogP contribution in [0.15, 0.2) is 5.29 Å². The third kappa shape index (κ3) is 3.26. The fourth-order valence-corrected chi connectivity index (χ4v) is 0.0398. The minimum absolute atomic E-state index is 0.944. The van der Waals surface area contributed by atoms with Gasteiger partial charge in [-0.1, -0.05) is 0 Å². The SMILES string of the molecule is O=NNC(F)F. The predicted octanol–water partition coefficient (Wildman–Crippen LogP) is 0.480. The molecule has 36 valence electrons. The number of hydrogen-bond donors (Lipinski definition) is 1. The standard InChI is InChI=1S/CH2F2N2O/c2-1(3)4-5-6/h1H,(H,4,6). The maximum Gasteiger partial charge on any atom is 0.329 e. The molecule has 6 heavy (non-hydrogen) atoms. The van der Waals surface area contributed by atoms with Gasteiger partial charge >= 0.3 is 6.55 Å². The Bertz CT molecular complexity index is 46.8. The lowest BCUT2D eigenvalue weighted by atomic mass is 11.3. The topological polar surface area (TPSA) is 41.5 Å². The zero-order valence-corrected chi connectivity index (χ0v) is 2.69. The van der Waals surface area contributed by atoms with E-state index in [2.05, 4.69) is 0 Å². The fourth-order valence-electron chi connectivity index (χ4n) is 0.0398. The van der Waals surface area contributed by atoms with Crippen LogP contribution in [-0.4, -0.2) is 6.55 Å². The van der Waals surface area contributed by atoms with Crippen LogP contribution >= 0.6 is 0 Å². The Morgan fingerprint density at radius 1 is 1.67 bits per heavy atom. The van der Waals surface area contributed by atoms with Crippen LogP contribution in [0.3, 0.4) is 0 Å². The molecule has 0 heterocycles. The van der Waals surface area contributed by atoms with Gasteiger partial charge in [0.05, 0.1) is 5.29 Å². The molecule has 3 nitrogen and oxygen atoms in total. The number of nitroso groups, excluding NO2 is 1. The molecule has 0 radical (unpaired) electrons. The lowest BCUT2D eigenvalue weighted by Crippen LogP contribution is -2.10. The highest BCUT2D eigenvalue weighted by Crippen LogP contribution is 1.81. The van der Waals surface area contributed by atoms with Crippen LogP contribution in [0, 0.1) is 4.91 Å². The molecule has 5 heteroatoms. The Hall–Kier alpha value is -0.740. The van der Waals surface area contributed by atoms with E-state index in [0.717, 1.165) is 5.43 Å². The highest BCUT2D eigenvalue weighted by atomic mass is 19.3. The van der Waals surface area contributed by atoms with Crippen LogP contribution in [0.1, 0.15) is 0 Å². The molecule has 0 unspecified atom stereocenters. The maximum absolute atomic E-state index is 10.6. The van der Waals surface area contributed by atoms with E-state index in [-0.39, 0.29) is 0 Å². The van der Waals surface area contributed by atoms with E-state index < -0.39 is 6.55 Å². The number of nitrogens with one attached hydrogen (secondary N) is 1. The largest absolute Gasteiger partial charge is 0.329 e. The van der Waals surface area contributed by atoms with Gasteiger partial charge in [-0.15, -0.1) is 4.91 Å². The van der Waals surface area contributed by atoms with E-state index >= 15 is 0 Å². The lowest BCUT2D eigenvalue weighted by molar-refractivity contribution is 0.109. The molecule has 0 amide bonds. The quantitative estimate of drug-likeness (QED) is 0.308. The third-order valence-corrected chi connectivity index (χ3v) is 0.150. The first-order valence-corrected chi connectivity index (χ1v) is 1.13. The van der Waals surface area contributed by atoms with Crippen LogP contribution in [0.2, 0.25) is 0 Å². The van der Waals surface area contributed by atoms with Gasteiger partial charge < -0.3 is 0 Å². The highest BCUT2D eigenvalue weighted by Gasteiger charge is 1.93. The van der Waals surface area contributed by atoms with Gasteiger partial charge in [-0.2, -0.15) is 8.78 Å². The average Bonchev–Trinajstić information content (AvgIpc) is 1.35. The van der Waals surface area contributed by atoms with Crippen LogP contribution < -0.4 is 5.43 Å². The molecule has 1 N–H and O–H groups in total. The molecular formula is CH2F2N2O. The maximum atomic E-state index is 10.6. The summed E-state index contributed by atoms with van der Waals surface area (Å²) in [6.07, 6.45) is 0. The molecule has 0 rings (SSSR count). The van der Waals surface area contributed by atoms with E-state index in [4.69, 9.17) is 4.91 Å². The van der Waals surface area contributed by atoms with E-state index in [1.807, 2.05) is 0 Å². The molecule has 0 saturated heterocycles. The van der Waals surface area contributed by atoms with Gasteiger partial charge in [0.2, 0.25) is 0 Å². The zero-order valence-electron chi connectivity index (χ0n) is 2.69. The second-order valence-electron chi connectivity index (χ2n) is 0.521. The first-order valence-electron chi connectivity index (χ1n) is 1.13. The van der Waals surface area contributed by atoms with Crippen molar-refractivity contribution in [2.45, 2.75) is 6.55 Å². The molecular weight excluding hydrogens is 94.0 g/mol. The summed E-state index contributed by atoms with van der Waals surface area (Å²) in [5.41, 5.74) is 0.944. The summed E-state index contributed by atoms with van der Waals surface area (Å²) in [7, 11) is 0. The minimum atomic E-state index is -2.83. The van der Waals surface area contributed by atoms with Gasteiger partial charge in [-0.25, -0.2) is 5.43 Å². The van der Waals surface area contributed by atoms with E-state index in [1.54, 1.807) is 5.29 Å². The normalized spacial score (nSPS) is 8.50. The molecule has 0 aromatic carbocycles. The Morgan fingerprint density at radius 3 is 2.17 bits per heavy atom. The second-order valence-corrected chi connectivity index (χ2v) is 0.521. The molecule has 0 aliphatic rings. The van der Waals surface area contributed by atoms with Crippen molar-refractivity contribution in [2.75, 3.05) is 0 Å². The monoisotopic (exact) mass is 96.0 g/mol. The van der Waals surface area contributed by atoms with Gasteiger partial charge in [0.15, 0.2) is 0 Å². The first-order chi connectivity index (χ1) is 2.77. The third-order valence-electron chi connectivity index (χ3n) is 0.150. The molecule has 0 fully saturated rings. The number of hydrogen-bond acceptors (Lipinski definition) is 2. The fraction of sp³-hybridized carbons (Fsp3) is 1.00. The van der Waals surface area contributed by atoms with Crippen molar-refractivity contribution < 1.29 is 8.78 Å². The van der Waals surface area contributed by atoms with E-state index in [9.17, 15) is 8.78 Å². The number of halogens is 2. The Labute approximate surface area is 32.3 Å². The Kier molecular flexibility index (Phi) is 2.19. The summed E-state index contributed by atoms with van der Waals surface area (Å²) < 4.78 is 21.3. The van der Waals surface area contributed by atoms with Crippen molar-refractivity contribution in [1.82, 2.24) is 5.43 Å². The van der Waals surface area contributed by atoms with Crippen molar-refractivity contribution in [1.29, 1.82) is 0 Å². The van der Waals surface area contributed by atoms with Crippen LogP contribution in [0.25, 0.3) is 0 Å². The molecule has 0 bridgehead atoms. The van der Waals surface area contributed by atoms with E-state index in [0.29, 0.717) is 0 Å². The lowest BCUT2D eigenvalue weighted by Gasteiger charge is -1.85. The number of alkyl halides is 2. The van der Waals surface area contributed by atoms with Gasteiger partial charge in [0, 0.05) is 0 Å². The highest BCUT2D eigenvalue weighted by molar-refractivity contribution is 4.21. The molecule has 0 aliphatic heterocycles. The summed E-state index contributed by atoms with van der Waals surface area (Å²) in [6.45, 7) is -2.83. The predicted molar refractivity (Wildman–Crippen MR) is 14.9 cm³/mol. The number of nitrogens with zero attached hydrogens (tertiary/aromatic N) is 1. The summed E-state index contributed by atoms with van der Waals surface area (Å²) >= 11 is 0. The molecule has 0 atom stereocenters. The summed E-state index contributed by atoms with van der Waals surface area (Å²) in [5, 5.41) is 1.69. The first kappa shape index (κ1) is 5.26. The molecule has 0 aromatic heterocycles. The van der Waals surface area contributed by atoms with Gasteiger partial charge in [0.25, 0.3) is 0 Å². The van der Waals surface area contributed by atoms with Gasteiger partial charge in [-0.3, -0.25) is 0 Å². The van der Waals surface area contributed by atoms with Crippen molar-refractivity contribution in [2.24, 2.45) is 5.29 Å². The van der Waals surface area contributed by atoms with Crippen molar-refractivity contribution in [3.63, 3.8) is 0 Å². The average molecular weight is 96.0 g/mol.